The summed E-state index contributed by atoms with van der Waals surface area (Å²) in [6, 6.07) is 13.4. The summed E-state index contributed by atoms with van der Waals surface area (Å²) in [5.74, 6) is 1.06. The Morgan fingerprint density at radius 1 is 1.29 bits per heavy atom. The molecule has 1 aliphatic heterocycles. The van der Waals surface area contributed by atoms with Crippen LogP contribution < -0.4 is 20.5 Å². The van der Waals surface area contributed by atoms with E-state index in [4.69, 9.17) is 9.72 Å². The highest BCUT2D eigenvalue weighted by Gasteiger charge is 2.27. The molecule has 1 atom stereocenters. The van der Waals surface area contributed by atoms with Crippen molar-refractivity contribution < 1.29 is 9.53 Å². The summed E-state index contributed by atoms with van der Waals surface area (Å²) in [5.41, 5.74) is 3.16. The minimum Gasteiger partial charge on any atom is -0.497 e. The minimum absolute atomic E-state index is 0.00798. The van der Waals surface area contributed by atoms with E-state index in [0.29, 0.717) is 29.3 Å². The van der Waals surface area contributed by atoms with Gasteiger partial charge in [0.05, 0.1) is 30.8 Å². The summed E-state index contributed by atoms with van der Waals surface area (Å²) >= 11 is 1.38. The van der Waals surface area contributed by atoms with E-state index in [-0.39, 0.29) is 17.4 Å². The maximum atomic E-state index is 12.9. The monoisotopic (exact) mass is 475 g/mol. The van der Waals surface area contributed by atoms with Crippen molar-refractivity contribution in [3.8, 4) is 16.9 Å². The molecule has 1 aliphatic rings. The second-order valence-corrected chi connectivity index (χ2v) is 9.15. The van der Waals surface area contributed by atoms with Crippen molar-refractivity contribution in [1.29, 1.82) is 0 Å². The Morgan fingerprint density at radius 3 is 3.03 bits per heavy atom. The van der Waals surface area contributed by atoms with Gasteiger partial charge in [0.25, 0.3) is 5.56 Å². The van der Waals surface area contributed by atoms with Crippen LogP contribution in [0.1, 0.15) is 18.5 Å². The van der Waals surface area contributed by atoms with Crippen molar-refractivity contribution in [2.45, 2.75) is 19.4 Å². The Morgan fingerprint density at radius 2 is 2.21 bits per heavy atom. The summed E-state index contributed by atoms with van der Waals surface area (Å²) in [6.45, 7) is 1.63. The van der Waals surface area contributed by atoms with Crippen molar-refractivity contribution >= 4 is 33.4 Å². The zero-order valence-electron chi connectivity index (χ0n) is 18.8. The number of rotatable bonds is 6. The smallest absolute Gasteiger partial charge is 0.270 e. The first-order chi connectivity index (χ1) is 16.6. The first kappa shape index (κ1) is 22.1. The predicted octanol–water partition coefficient (Wildman–Crippen LogP) is 3.59. The van der Waals surface area contributed by atoms with Crippen LogP contribution in [0.5, 0.6) is 5.75 Å². The molecule has 0 aliphatic carbocycles. The van der Waals surface area contributed by atoms with Crippen LogP contribution in [0, 0.1) is 5.92 Å². The number of hydrogen-bond acceptors (Lipinski definition) is 7. The number of carbonyl (C=O) groups excluding carboxylic acids is 1. The standard InChI is InChI=1S/C25H25N5O3S/c1-33-19-9-4-6-16(12-19)20-15-34-22-21(20)28-25(29-24(22)32)30-11-5-7-17(14-30)23(31)27-13-18-8-2-3-10-26-18/h2-4,6,8-10,12,15,17H,5,7,11,13-14H2,1H3,(H,27,31)(H,28,29,32)/t17-/m1/s1. The van der Waals surface area contributed by atoms with E-state index >= 15 is 0 Å². The van der Waals surface area contributed by atoms with Gasteiger partial charge in [-0.2, -0.15) is 0 Å². The molecule has 0 unspecified atom stereocenters. The van der Waals surface area contributed by atoms with Gasteiger partial charge in [-0.25, -0.2) is 4.98 Å². The Kier molecular flexibility index (Phi) is 6.27. The molecule has 34 heavy (non-hydrogen) atoms. The van der Waals surface area contributed by atoms with E-state index < -0.39 is 0 Å². The molecule has 1 saturated heterocycles. The molecule has 4 aromatic rings. The third-order valence-electron chi connectivity index (χ3n) is 6.06. The third kappa shape index (κ3) is 4.51. The second kappa shape index (κ2) is 9.64. The molecule has 3 aromatic heterocycles. The molecule has 174 valence electrons. The lowest BCUT2D eigenvalue weighted by molar-refractivity contribution is -0.125. The molecule has 5 rings (SSSR count). The van der Waals surface area contributed by atoms with Crippen LogP contribution >= 0.6 is 11.3 Å². The highest BCUT2D eigenvalue weighted by molar-refractivity contribution is 7.17. The fourth-order valence-corrected chi connectivity index (χ4v) is 5.18. The average molecular weight is 476 g/mol. The van der Waals surface area contributed by atoms with Gasteiger partial charge in [0.2, 0.25) is 11.9 Å². The van der Waals surface area contributed by atoms with Gasteiger partial charge in [0.1, 0.15) is 10.4 Å². The van der Waals surface area contributed by atoms with Gasteiger partial charge in [0.15, 0.2) is 0 Å². The van der Waals surface area contributed by atoms with Gasteiger partial charge >= 0.3 is 0 Å². The van der Waals surface area contributed by atoms with Crippen molar-refractivity contribution in [2.75, 3.05) is 25.1 Å². The van der Waals surface area contributed by atoms with E-state index in [9.17, 15) is 9.59 Å². The van der Waals surface area contributed by atoms with E-state index in [2.05, 4.69) is 15.3 Å². The number of anilines is 1. The third-order valence-corrected chi connectivity index (χ3v) is 7.02. The number of piperidine rings is 1. The molecule has 0 radical (unpaired) electrons. The first-order valence-electron chi connectivity index (χ1n) is 11.2. The number of aromatic nitrogens is 3. The molecule has 2 N–H and O–H groups in total. The zero-order chi connectivity index (χ0) is 23.5. The molecule has 0 bridgehead atoms. The fraction of sp³-hybridized carbons (Fsp3) is 0.280. The van der Waals surface area contributed by atoms with Crippen LogP contribution in [0.3, 0.4) is 0 Å². The molecule has 9 heteroatoms. The minimum atomic E-state index is -0.182. The van der Waals surface area contributed by atoms with Crippen LogP contribution in [0.4, 0.5) is 5.95 Å². The number of ether oxygens (including phenoxy) is 1. The van der Waals surface area contributed by atoms with E-state index in [1.807, 2.05) is 52.7 Å². The summed E-state index contributed by atoms with van der Waals surface area (Å²) in [4.78, 5) is 39.7. The van der Waals surface area contributed by atoms with Crippen LogP contribution in [-0.4, -0.2) is 41.1 Å². The van der Waals surface area contributed by atoms with Crippen LogP contribution in [-0.2, 0) is 11.3 Å². The van der Waals surface area contributed by atoms with Gasteiger partial charge in [0, 0.05) is 30.2 Å². The lowest BCUT2D eigenvalue weighted by Crippen LogP contribution is -2.44. The van der Waals surface area contributed by atoms with Crippen LogP contribution in [0.2, 0.25) is 0 Å². The summed E-state index contributed by atoms with van der Waals surface area (Å²) < 4.78 is 5.94. The molecule has 4 heterocycles. The van der Waals surface area contributed by atoms with Crippen LogP contribution in [0.15, 0.2) is 58.8 Å². The highest BCUT2D eigenvalue weighted by Crippen LogP contribution is 2.33. The van der Waals surface area contributed by atoms with Crippen molar-refractivity contribution in [1.82, 2.24) is 20.3 Å². The lowest BCUT2D eigenvalue weighted by Gasteiger charge is -2.32. The topological polar surface area (TPSA) is 100 Å². The van der Waals surface area contributed by atoms with E-state index in [1.54, 1.807) is 13.3 Å². The molecule has 0 spiro atoms. The normalized spacial score (nSPS) is 15.9. The molecule has 0 saturated carbocycles. The number of nitrogens with zero attached hydrogens (tertiary/aromatic N) is 3. The number of carbonyl (C=O) groups is 1. The molecule has 1 amide bonds. The zero-order valence-corrected chi connectivity index (χ0v) is 19.6. The quantitative estimate of drug-likeness (QED) is 0.442. The maximum Gasteiger partial charge on any atom is 0.270 e. The Bertz CT molecular complexity index is 1370. The molecule has 8 nitrogen and oxygen atoms in total. The SMILES string of the molecule is COc1cccc(-c2csc3c(=O)[nH]c(N4CCC[C@@H](C(=O)NCc5ccccn5)C4)nc23)c1. The highest BCUT2D eigenvalue weighted by atomic mass is 32.1. The molecule has 1 fully saturated rings. The number of hydrogen-bond donors (Lipinski definition) is 2. The lowest BCUT2D eigenvalue weighted by atomic mass is 9.97. The van der Waals surface area contributed by atoms with E-state index in [0.717, 1.165) is 42.0 Å². The number of fused-ring (bicyclic) bond motifs is 1. The summed E-state index contributed by atoms with van der Waals surface area (Å²) in [5, 5.41) is 4.94. The Balaban J connectivity index is 1.38. The summed E-state index contributed by atoms with van der Waals surface area (Å²) in [6.07, 6.45) is 3.35. The van der Waals surface area contributed by atoms with Gasteiger partial charge in [-0.05, 0) is 42.7 Å². The first-order valence-corrected chi connectivity index (χ1v) is 12.1. The number of H-pyrrole nitrogens is 1. The maximum absolute atomic E-state index is 12.9. The van der Waals surface area contributed by atoms with Gasteiger partial charge in [-0.1, -0.05) is 18.2 Å². The number of pyridine rings is 1. The fourth-order valence-electron chi connectivity index (χ4n) is 4.27. The molecule has 1 aromatic carbocycles. The summed E-state index contributed by atoms with van der Waals surface area (Å²) in [7, 11) is 1.63. The van der Waals surface area contributed by atoms with Crippen molar-refractivity contribution in [3.63, 3.8) is 0 Å². The van der Waals surface area contributed by atoms with Gasteiger partial charge < -0.3 is 15.0 Å². The van der Waals surface area contributed by atoms with Gasteiger partial charge in [-0.3, -0.25) is 19.6 Å². The van der Waals surface area contributed by atoms with Crippen molar-refractivity contribution in [3.05, 3.63) is 70.1 Å². The number of aromatic amines is 1. The number of methoxy groups -OCH3 is 1. The molecular weight excluding hydrogens is 450 g/mol. The van der Waals surface area contributed by atoms with Crippen molar-refractivity contribution in [2.24, 2.45) is 5.92 Å². The average Bonchev–Trinajstić information content (AvgIpc) is 3.33. The number of nitrogens with one attached hydrogen (secondary N) is 2. The Labute approximate surface area is 200 Å². The predicted molar refractivity (Wildman–Crippen MR) is 133 cm³/mol. The number of benzene rings is 1. The molecular formula is C25H25N5O3S. The number of amides is 1. The van der Waals surface area contributed by atoms with E-state index in [1.165, 1.54) is 11.3 Å². The Hall–Kier alpha value is -3.72. The van der Waals surface area contributed by atoms with Crippen LogP contribution in [0.25, 0.3) is 21.3 Å². The van der Waals surface area contributed by atoms with Gasteiger partial charge in [-0.15, -0.1) is 11.3 Å². The number of thiophene rings is 1. The largest absolute Gasteiger partial charge is 0.497 e. The second-order valence-electron chi connectivity index (χ2n) is 8.27.